The van der Waals surface area contributed by atoms with Crippen LogP contribution in [0.3, 0.4) is 0 Å². The fourth-order valence-electron chi connectivity index (χ4n) is 1.75. The highest BCUT2D eigenvalue weighted by Gasteiger charge is 2.11. The maximum absolute atomic E-state index is 11.4. The monoisotopic (exact) mass is 279 g/mol. The van der Waals surface area contributed by atoms with E-state index < -0.39 is 0 Å². The quantitative estimate of drug-likeness (QED) is 0.734. The zero-order chi connectivity index (χ0) is 14.0. The molecule has 0 fully saturated rings. The van der Waals surface area contributed by atoms with Crippen molar-refractivity contribution in [3.63, 3.8) is 0 Å². The summed E-state index contributed by atoms with van der Waals surface area (Å²) in [6.07, 6.45) is 1.31. The maximum atomic E-state index is 11.4. The molecule has 0 unspecified atom stereocenters. The van der Waals surface area contributed by atoms with E-state index in [-0.39, 0.29) is 11.2 Å². The van der Waals surface area contributed by atoms with Crippen LogP contribution in [0.4, 0.5) is 17.2 Å². The normalized spacial score (nSPS) is 10.4. The van der Waals surface area contributed by atoms with Crippen LogP contribution in [-0.4, -0.2) is 17.0 Å². The molecule has 7 heteroatoms. The number of rotatable bonds is 3. The second-order valence-corrected chi connectivity index (χ2v) is 4.58. The van der Waals surface area contributed by atoms with E-state index in [0.29, 0.717) is 23.1 Å². The van der Waals surface area contributed by atoms with Crippen LogP contribution in [0.25, 0.3) is 0 Å². The highest BCUT2D eigenvalue weighted by Crippen LogP contribution is 2.23. The van der Waals surface area contributed by atoms with Crippen LogP contribution in [0, 0.1) is 0 Å². The van der Waals surface area contributed by atoms with E-state index in [1.807, 2.05) is 0 Å². The Morgan fingerprint density at radius 2 is 2.16 bits per heavy atom. The summed E-state index contributed by atoms with van der Waals surface area (Å²) in [4.78, 5) is 19.6. The molecular weight excluding hydrogens is 266 g/mol. The fraction of sp³-hybridized carbons (Fsp3) is 0.167. The standard InChI is InChI=1S/C12H14ClN5O/c1-18(11-10(15)12(19)17-6-16-11)5-7-4-8(14)2-3-9(7)13/h2-4,6H,5,14-15H2,1H3,(H,16,17,19). The summed E-state index contributed by atoms with van der Waals surface area (Å²) in [5.74, 6) is 0.405. The van der Waals surface area contributed by atoms with Gasteiger partial charge in [-0.2, -0.15) is 0 Å². The van der Waals surface area contributed by atoms with E-state index in [1.54, 1.807) is 30.1 Å². The largest absolute Gasteiger partial charge is 0.399 e. The number of nitrogens with two attached hydrogens (primary N) is 2. The van der Waals surface area contributed by atoms with Crippen molar-refractivity contribution >= 4 is 28.8 Å². The highest BCUT2D eigenvalue weighted by atomic mass is 35.5. The first-order valence-electron chi connectivity index (χ1n) is 5.57. The smallest absolute Gasteiger partial charge is 0.276 e. The van der Waals surface area contributed by atoms with Gasteiger partial charge in [0, 0.05) is 24.3 Å². The Kier molecular flexibility index (Phi) is 3.62. The molecule has 0 aliphatic heterocycles. The van der Waals surface area contributed by atoms with Gasteiger partial charge < -0.3 is 21.4 Å². The minimum atomic E-state index is -0.365. The lowest BCUT2D eigenvalue weighted by atomic mass is 10.2. The Morgan fingerprint density at radius 3 is 2.89 bits per heavy atom. The minimum absolute atomic E-state index is 0.0741. The van der Waals surface area contributed by atoms with Crippen molar-refractivity contribution in [2.75, 3.05) is 23.4 Å². The third-order valence-corrected chi connectivity index (χ3v) is 3.08. The van der Waals surface area contributed by atoms with E-state index in [4.69, 9.17) is 23.1 Å². The van der Waals surface area contributed by atoms with E-state index in [0.717, 1.165) is 5.56 Å². The molecule has 6 nitrogen and oxygen atoms in total. The number of anilines is 3. The van der Waals surface area contributed by atoms with Gasteiger partial charge in [0.1, 0.15) is 5.69 Å². The Balaban J connectivity index is 2.30. The first-order chi connectivity index (χ1) is 8.99. The van der Waals surface area contributed by atoms with Gasteiger partial charge in [0.2, 0.25) is 0 Å². The Bertz CT molecular complexity index is 655. The van der Waals surface area contributed by atoms with Crippen molar-refractivity contribution in [3.05, 3.63) is 45.5 Å². The number of aromatic nitrogens is 2. The van der Waals surface area contributed by atoms with Crippen LogP contribution >= 0.6 is 11.6 Å². The van der Waals surface area contributed by atoms with Gasteiger partial charge in [0.05, 0.1) is 6.33 Å². The van der Waals surface area contributed by atoms with Gasteiger partial charge >= 0.3 is 0 Å². The lowest BCUT2D eigenvalue weighted by molar-refractivity contribution is 0.890. The molecule has 0 spiro atoms. The average Bonchev–Trinajstić information content (AvgIpc) is 2.37. The summed E-state index contributed by atoms with van der Waals surface area (Å²) in [5, 5.41) is 0.601. The van der Waals surface area contributed by atoms with Crippen LogP contribution in [0.2, 0.25) is 5.02 Å². The molecule has 0 saturated heterocycles. The molecule has 0 radical (unpaired) electrons. The van der Waals surface area contributed by atoms with E-state index >= 15 is 0 Å². The molecule has 5 N–H and O–H groups in total. The molecule has 100 valence electrons. The number of nitrogens with zero attached hydrogens (tertiary/aromatic N) is 2. The molecule has 1 heterocycles. The predicted molar refractivity (Wildman–Crippen MR) is 77.2 cm³/mol. The number of hydrogen-bond acceptors (Lipinski definition) is 5. The summed E-state index contributed by atoms with van der Waals surface area (Å²) in [6, 6.07) is 5.24. The Labute approximate surface area is 115 Å². The van der Waals surface area contributed by atoms with Gasteiger partial charge in [-0.05, 0) is 23.8 Å². The highest BCUT2D eigenvalue weighted by molar-refractivity contribution is 6.31. The molecule has 1 aromatic heterocycles. The van der Waals surface area contributed by atoms with Gasteiger partial charge in [0.15, 0.2) is 5.82 Å². The van der Waals surface area contributed by atoms with Gasteiger partial charge in [-0.15, -0.1) is 0 Å². The number of aromatic amines is 1. The summed E-state index contributed by atoms with van der Waals surface area (Å²) in [7, 11) is 1.78. The average molecular weight is 280 g/mol. The number of benzene rings is 1. The van der Waals surface area contributed by atoms with Crippen LogP contribution in [0.5, 0.6) is 0 Å². The molecule has 0 amide bonds. The van der Waals surface area contributed by atoms with Gasteiger partial charge in [-0.1, -0.05) is 11.6 Å². The Hall–Kier alpha value is -2.21. The summed E-state index contributed by atoms with van der Waals surface area (Å²) in [6.45, 7) is 0.449. The molecule has 0 aliphatic rings. The molecule has 0 saturated carbocycles. The molecule has 1 aromatic carbocycles. The maximum Gasteiger partial charge on any atom is 0.276 e. The lowest BCUT2D eigenvalue weighted by Crippen LogP contribution is -2.24. The van der Waals surface area contributed by atoms with E-state index in [1.165, 1.54) is 6.33 Å². The number of H-pyrrole nitrogens is 1. The van der Waals surface area contributed by atoms with E-state index in [2.05, 4.69) is 9.97 Å². The van der Waals surface area contributed by atoms with Crippen molar-refractivity contribution in [1.29, 1.82) is 0 Å². The van der Waals surface area contributed by atoms with Crippen LogP contribution < -0.4 is 21.9 Å². The lowest BCUT2D eigenvalue weighted by Gasteiger charge is -2.20. The van der Waals surface area contributed by atoms with Crippen LogP contribution in [0.1, 0.15) is 5.56 Å². The van der Waals surface area contributed by atoms with Crippen molar-refractivity contribution in [2.45, 2.75) is 6.54 Å². The SMILES string of the molecule is CN(Cc1cc(N)ccc1Cl)c1nc[nH]c(=O)c1N. The molecule has 0 bridgehead atoms. The van der Waals surface area contributed by atoms with Crippen LogP contribution in [0.15, 0.2) is 29.3 Å². The summed E-state index contributed by atoms with van der Waals surface area (Å²) in [5.41, 5.74) is 12.6. The first-order valence-corrected chi connectivity index (χ1v) is 5.95. The van der Waals surface area contributed by atoms with Crippen LogP contribution in [-0.2, 0) is 6.54 Å². The second-order valence-electron chi connectivity index (χ2n) is 4.18. The van der Waals surface area contributed by atoms with Crippen molar-refractivity contribution in [2.24, 2.45) is 0 Å². The number of halogens is 1. The van der Waals surface area contributed by atoms with Crippen molar-refractivity contribution in [1.82, 2.24) is 9.97 Å². The third-order valence-electron chi connectivity index (χ3n) is 2.71. The molecule has 0 atom stereocenters. The fourth-order valence-corrected chi connectivity index (χ4v) is 1.93. The number of nitrogens with one attached hydrogen (secondary N) is 1. The second kappa shape index (κ2) is 5.19. The summed E-state index contributed by atoms with van der Waals surface area (Å²) < 4.78 is 0. The zero-order valence-corrected chi connectivity index (χ0v) is 11.1. The predicted octanol–water partition coefficient (Wildman–Crippen LogP) is 1.22. The van der Waals surface area contributed by atoms with Crippen molar-refractivity contribution in [3.8, 4) is 0 Å². The van der Waals surface area contributed by atoms with E-state index in [9.17, 15) is 4.79 Å². The van der Waals surface area contributed by atoms with Gasteiger partial charge in [-0.25, -0.2) is 4.98 Å². The number of nitrogen functional groups attached to an aromatic ring is 2. The molecule has 2 rings (SSSR count). The molecule has 0 aliphatic carbocycles. The van der Waals surface area contributed by atoms with Gasteiger partial charge in [0.25, 0.3) is 5.56 Å². The Morgan fingerprint density at radius 1 is 1.42 bits per heavy atom. The molecule has 2 aromatic rings. The number of hydrogen-bond donors (Lipinski definition) is 3. The minimum Gasteiger partial charge on any atom is -0.399 e. The molecule has 19 heavy (non-hydrogen) atoms. The molecular formula is C12H14ClN5O. The third kappa shape index (κ3) is 2.79. The first kappa shape index (κ1) is 13.2. The van der Waals surface area contributed by atoms with Gasteiger partial charge in [-0.3, -0.25) is 4.79 Å². The zero-order valence-electron chi connectivity index (χ0n) is 10.4. The summed E-state index contributed by atoms with van der Waals surface area (Å²) >= 11 is 6.10. The topological polar surface area (TPSA) is 101 Å². The van der Waals surface area contributed by atoms with Crippen molar-refractivity contribution < 1.29 is 0 Å².